The first-order chi connectivity index (χ1) is 12.0. The largest absolute Gasteiger partial charge is 0.372 e. The molecule has 1 heterocycles. The molecule has 0 bridgehead atoms. The summed E-state index contributed by atoms with van der Waals surface area (Å²) in [6, 6.07) is 18.5. The quantitative estimate of drug-likeness (QED) is 0.611. The van der Waals surface area contributed by atoms with E-state index in [-0.39, 0.29) is 0 Å². The average Bonchev–Trinajstić information content (AvgIpc) is 2.63. The van der Waals surface area contributed by atoms with E-state index in [0.717, 1.165) is 5.92 Å². The van der Waals surface area contributed by atoms with Crippen molar-refractivity contribution in [3.8, 4) is 0 Å². The zero-order chi connectivity index (χ0) is 17.8. The maximum atomic E-state index is 2.56. The van der Waals surface area contributed by atoms with Crippen LogP contribution in [0.15, 0.2) is 48.5 Å². The van der Waals surface area contributed by atoms with Crippen molar-refractivity contribution in [2.45, 2.75) is 58.8 Å². The van der Waals surface area contributed by atoms with E-state index < -0.39 is 0 Å². The fraction of sp³-hybridized carbons (Fsp3) is 0.500. The summed E-state index contributed by atoms with van der Waals surface area (Å²) in [5.74, 6) is 2.07. The van der Waals surface area contributed by atoms with Crippen molar-refractivity contribution in [2.75, 3.05) is 18.0 Å². The second kappa shape index (κ2) is 8.08. The summed E-state index contributed by atoms with van der Waals surface area (Å²) in [5.41, 5.74) is 5.78. The molecule has 1 nitrogen and oxygen atoms in total. The molecule has 3 rings (SSSR count). The van der Waals surface area contributed by atoms with Gasteiger partial charge >= 0.3 is 0 Å². The van der Waals surface area contributed by atoms with Gasteiger partial charge in [0.15, 0.2) is 0 Å². The summed E-state index contributed by atoms with van der Waals surface area (Å²) in [6.45, 7) is 11.4. The Bertz CT molecular complexity index is 643. The van der Waals surface area contributed by atoms with Crippen LogP contribution in [0.25, 0.3) is 0 Å². The molecule has 0 radical (unpaired) electrons. The minimum absolute atomic E-state index is 0.613. The highest BCUT2D eigenvalue weighted by atomic mass is 15.1. The van der Waals surface area contributed by atoms with Crippen LogP contribution in [0.1, 0.15) is 69.1 Å². The Labute approximate surface area is 154 Å². The molecule has 1 aliphatic heterocycles. The molecule has 1 saturated heterocycles. The molecule has 0 atom stereocenters. The summed E-state index contributed by atoms with van der Waals surface area (Å²) in [7, 11) is 0. The highest BCUT2D eigenvalue weighted by molar-refractivity contribution is 5.48. The first-order valence-electron chi connectivity index (χ1n) is 9.96. The van der Waals surface area contributed by atoms with Crippen LogP contribution < -0.4 is 4.90 Å². The van der Waals surface area contributed by atoms with Gasteiger partial charge in [0.25, 0.3) is 0 Å². The predicted octanol–water partition coefficient (Wildman–Crippen LogP) is 6.39. The van der Waals surface area contributed by atoms with Gasteiger partial charge in [0, 0.05) is 18.8 Å². The summed E-state index contributed by atoms with van der Waals surface area (Å²) in [5, 5.41) is 0. The molecule has 2 aromatic rings. The van der Waals surface area contributed by atoms with Gasteiger partial charge in [-0.1, -0.05) is 64.1 Å². The SMILES string of the molecule is CC(C)c1ccc(CC2CCN(c3ccc(C(C)C)cc3)CC2)cc1. The molecular formula is C24H33N. The van der Waals surface area contributed by atoms with E-state index in [2.05, 4.69) is 81.1 Å². The molecule has 134 valence electrons. The van der Waals surface area contributed by atoms with Crippen molar-refractivity contribution in [1.29, 1.82) is 0 Å². The van der Waals surface area contributed by atoms with Gasteiger partial charge in [0.2, 0.25) is 0 Å². The van der Waals surface area contributed by atoms with Gasteiger partial charge in [-0.3, -0.25) is 0 Å². The lowest BCUT2D eigenvalue weighted by atomic mass is 9.89. The van der Waals surface area contributed by atoms with Gasteiger partial charge in [-0.05, 0) is 65.8 Å². The Kier molecular flexibility index (Phi) is 5.83. The predicted molar refractivity (Wildman–Crippen MR) is 110 cm³/mol. The highest BCUT2D eigenvalue weighted by Gasteiger charge is 2.20. The van der Waals surface area contributed by atoms with Crippen LogP contribution in [0, 0.1) is 5.92 Å². The molecule has 1 aliphatic rings. The highest BCUT2D eigenvalue weighted by Crippen LogP contribution is 2.27. The van der Waals surface area contributed by atoms with Crippen molar-refractivity contribution in [3.63, 3.8) is 0 Å². The van der Waals surface area contributed by atoms with E-state index in [1.165, 1.54) is 54.7 Å². The number of nitrogens with zero attached hydrogens (tertiary/aromatic N) is 1. The standard InChI is InChI=1S/C24H33N/c1-18(2)22-7-5-20(6-8-22)17-21-13-15-25(16-14-21)24-11-9-23(10-12-24)19(3)4/h5-12,18-19,21H,13-17H2,1-4H3. The summed E-state index contributed by atoms with van der Waals surface area (Å²) >= 11 is 0. The third-order valence-electron chi connectivity index (χ3n) is 5.71. The Morgan fingerprint density at radius 1 is 0.760 bits per heavy atom. The Morgan fingerprint density at radius 2 is 1.24 bits per heavy atom. The molecule has 0 aromatic heterocycles. The Hall–Kier alpha value is -1.76. The van der Waals surface area contributed by atoms with Crippen molar-refractivity contribution < 1.29 is 0 Å². The molecule has 0 aliphatic carbocycles. The van der Waals surface area contributed by atoms with E-state index in [1.54, 1.807) is 0 Å². The van der Waals surface area contributed by atoms with Crippen LogP contribution in [0.4, 0.5) is 5.69 Å². The van der Waals surface area contributed by atoms with Gasteiger partial charge < -0.3 is 4.90 Å². The van der Waals surface area contributed by atoms with Gasteiger partial charge in [0.1, 0.15) is 0 Å². The molecule has 1 heteroatoms. The molecular weight excluding hydrogens is 302 g/mol. The Morgan fingerprint density at radius 3 is 1.72 bits per heavy atom. The number of rotatable bonds is 5. The molecule has 0 spiro atoms. The van der Waals surface area contributed by atoms with Gasteiger partial charge in [-0.25, -0.2) is 0 Å². The van der Waals surface area contributed by atoms with Crippen LogP contribution in [-0.2, 0) is 6.42 Å². The second-order valence-electron chi connectivity index (χ2n) is 8.28. The van der Waals surface area contributed by atoms with E-state index in [9.17, 15) is 0 Å². The lowest BCUT2D eigenvalue weighted by Gasteiger charge is -2.34. The minimum Gasteiger partial charge on any atom is -0.372 e. The van der Waals surface area contributed by atoms with E-state index >= 15 is 0 Å². The first kappa shape index (κ1) is 18.0. The molecule has 0 unspecified atom stereocenters. The molecule has 25 heavy (non-hydrogen) atoms. The number of anilines is 1. The zero-order valence-corrected chi connectivity index (χ0v) is 16.3. The summed E-state index contributed by atoms with van der Waals surface area (Å²) < 4.78 is 0. The van der Waals surface area contributed by atoms with Crippen LogP contribution in [-0.4, -0.2) is 13.1 Å². The smallest absolute Gasteiger partial charge is 0.0366 e. The molecule has 0 amide bonds. The van der Waals surface area contributed by atoms with Crippen LogP contribution in [0.3, 0.4) is 0 Å². The average molecular weight is 336 g/mol. The van der Waals surface area contributed by atoms with Gasteiger partial charge in [-0.2, -0.15) is 0 Å². The number of hydrogen-bond donors (Lipinski definition) is 0. The number of benzene rings is 2. The van der Waals surface area contributed by atoms with E-state index in [0.29, 0.717) is 11.8 Å². The molecule has 1 fully saturated rings. The van der Waals surface area contributed by atoms with Crippen molar-refractivity contribution in [2.24, 2.45) is 5.92 Å². The lowest BCUT2D eigenvalue weighted by Crippen LogP contribution is -2.34. The van der Waals surface area contributed by atoms with Crippen molar-refractivity contribution in [3.05, 3.63) is 65.2 Å². The van der Waals surface area contributed by atoms with Crippen LogP contribution >= 0.6 is 0 Å². The monoisotopic (exact) mass is 335 g/mol. The second-order valence-corrected chi connectivity index (χ2v) is 8.28. The Balaban J connectivity index is 1.53. The van der Waals surface area contributed by atoms with E-state index in [4.69, 9.17) is 0 Å². The zero-order valence-electron chi connectivity index (χ0n) is 16.3. The summed E-state index contributed by atoms with van der Waals surface area (Å²) in [4.78, 5) is 2.56. The maximum Gasteiger partial charge on any atom is 0.0366 e. The third-order valence-corrected chi connectivity index (χ3v) is 5.71. The van der Waals surface area contributed by atoms with Gasteiger partial charge in [0.05, 0.1) is 0 Å². The van der Waals surface area contributed by atoms with E-state index in [1.807, 2.05) is 0 Å². The maximum absolute atomic E-state index is 2.56. The molecule has 0 N–H and O–H groups in total. The normalized spacial score (nSPS) is 16.0. The van der Waals surface area contributed by atoms with Crippen molar-refractivity contribution >= 4 is 5.69 Å². The van der Waals surface area contributed by atoms with Crippen LogP contribution in [0.5, 0.6) is 0 Å². The first-order valence-corrected chi connectivity index (χ1v) is 9.96. The van der Waals surface area contributed by atoms with Gasteiger partial charge in [-0.15, -0.1) is 0 Å². The fourth-order valence-electron chi connectivity index (χ4n) is 3.84. The summed E-state index contributed by atoms with van der Waals surface area (Å²) in [6.07, 6.45) is 3.84. The van der Waals surface area contributed by atoms with Crippen LogP contribution in [0.2, 0.25) is 0 Å². The number of piperidine rings is 1. The topological polar surface area (TPSA) is 3.24 Å². The third kappa shape index (κ3) is 4.66. The lowest BCUT2D eigenvalue weighted by molar-refractivity contribution is 0.403. The fourth-order valence-corrected chi connectivity index (χ4v) is 3.84. The molecule has 2 aromatic carbocycles. The van der Waals surface area contributed by atoms with Crippen molar-refractivity contribution in [1.82, 2.24) is 0 Å². The molecule has 0 saturated carbocycles. The number of hydrogen-bond acceptors (Lipinski definition) is 1. The minimum atomic E-state index is 0.613.